The van der Waals surface area contributed by atoms with Crippen LogP contribution in [0.4, 0.5) is 0 Å². The normalized spacial score (nSPS) is 26.7. The first-order valence-electron chi connectivity index (χ1n) is 8.55. The number of carbonyl (C=O) groups excluding carboxylic acids is 2. The lowest BCUT2D eigenvalue weighted by Crippen LogP contribution is -2.54. The van der Waals surface area contributed by atoms with Crippen LogP contribution in [-0.2, 0) is 20.9 Å². The number of benzene rings is 1. The number of fused-ring (bicyclic) bond motifs is 1. The van der Waals surface area contributed by atoms with Gasteiger partial charge in [-0.2, -0.15) is 0 Å². The van der Waals surface area contributed by atoms with E-state index in [1.54, 1.807) is 4.90 Å². The maximum Gasteiger partial charge on any atom is 0.329 e. The highest BCUT2D eigenvalue weighted by atomic mass is 16.5. The standard InChI is InChI=1S/C19H26N2O3/c1-19(2,3)16(20)17(22)21-10-13-9-14(13)15(21)18(23)24-11-12-7-5-4-6-8-12/h4-8,13-16H,9-11,20H2,1-3H3/t13-,14-,15-,16+/m0/s1. The summed E-state index contributed by atoms with van der Waals surface area (Å²) < 4.78 is 5.48. The molecule has 1 amide bonds. The highest BCUT2D eigenvalue weighted by Gasteiger charge is 2.58. The smallest absolute Gasteiger partial charge is 0.329 e. The Hall–Kier alpha value is -1.88. The lowest BCUT2D eigenvalue weighted by molar-refractivity contribution is -0.156. The van der Waals surface area contributed by atoms with Gasteiger partial charge in [0.1, 0.15) is 12.6 Å². The molecule has 4 atom stereocenters. The molecule has 1 saturated carbocycles. The summed E-state index contributed by atoms with van der Waals surface area (Å²) in [5.74, 6) is 0.217. The van der Waals surface area contributed by atoms with Gasteiger partial charge >= 0.3 is 5.97 Å². The van der Waals surface area contributed by atoms with Crippen molar-refractivity contribution < 1.29 is 14.3 Å². The SMILES string of the molecule is CC(C)(C)[C@H](N)C(=O)N1C[C@@H]2C[C@@H]2[C@H]1C(=O)OCc1ccccc1. The van der Waals surface area contributed by atoms with Gasteiger partial charge in [-0.05, 0) is 29.2 Å². The predicted molar refractivity (Wildman–Crippen MR) is 90.8 cm³/mol. The molecular weight excluding hydrogens is 304 g/mol. The Labute approximate surface area is 143 Å². The van der Waals surface area contributed by atoms with E-state index >= 15 is 0 Å². The number of amides is 1. The van der Waals surface area contributed by atoms with Crippen LogP contribution in [0.5, 0.6) is 0 Å². The summed E-state index contributed by atoms with van der Waals surface area (Å²) in [5.41, 5.74) is 6.73. The number of piperidine rings is 1. The molecule has 5 heteroatoms. The molecule has 0 radical (unpaired) electrons. The summed E-state index contributed by atoms with van der Waals surface area (Å²) >= 11 is 0. The fourth-order valence-electron chi connectivity index (χ4n) is 3.36. The second-order valence-electron chi connectivity index (χ2n) is 8.03. The first-order chi connectivity index (χ1) is 11.3. The Morgan fingerprint density at radius 2 is 1.96 bits per heavy atom. The second kappa shape index (κ2) is 6.20. The molecule has 0 unspecified atom stereocenters. The molecule has 1 aliphatic carbocycles. The van der Waals surface area contributed by atoms with E-state index in [1.807, 2.05) is 51.1 Å². The van der Waals surface area contributed by atoms with Gasteiger partial charge in [0.05, 0.1) is 6.04 Å². The van der Waals surface area contributed by atoms with Crippen molar-refractivity contribution in [2.75, 3.05) is 6.54 Å². The number of hydrogen-bond acceptors (Lipinski definition) is 4. The topological polar surface area (TPSA) is 72.6 Å². The van der Waals surface area contributed by atoms with Crippen LogP contribution in [0.3, 0.4) is 0 Å². The van der Waals surface area contributed by atoms with Gasteiger partial charge in [0.15, 0.2) is 0 Å². The number of carbonyl (C=O) groups is 2. The third-order valence-electron chi connectivity index (χ3n) is 5.10. The summed E-state index contributed by atoms with van der Waals surface area (Å²) in [6, 6.07) is 8.49. The molecule has 1 aromatic carbocycles. The fourth-order valence-corrected chi connectivity index (χ4v) is 3.36. The summed E-state index contributed by atoms with van der Waals surface area (Å²) in [6.45, 7) is 6.68. The zero-order chi connectivity index (χ0) is 17.5. The van der Waals surface area contributed by atoms with Crippen LogP contribution < -0.4 is 5.73 Å². The largest absolute Gasteiger partial charge is 0.459 e. The van der Waals surface area contributed by atoms with Crippen LogP contribution in [-0.4, -0.2) is 35.4 Å². The van der Waals surface area contributed by atoms with Crippen LogP contribution >= 0.6 is 0 Å². The fraction of sp³-hybridized carbons (Fsp3) is 0.579. The first-order valence-corrected chi connectivity index (χ1v) is 8.55. The van der Waals surface area contributed by atoms with Crippen LogP contribution in [0.2, 0.25) is 0 Å². The molecule has 2 fully saturated rings. The Morgan fingerprint density at radius 3 is 2.58 bits per heavy atom. The van der Waals surface area contributed by atoms with Crippen LogP contribution in [0, 0.1) is 17.3 Å². The first kappa shape index (κ1) is 17.0. The number of esters is 1. The van der Waals surface area contributed by atoms with E-state index in [0.717, 1.165) is 12.0 Å². The molecule has 1 aliphatic heterocycles. The maximum atomic E-state index is 12.7. The third-order valence-corrected chi connectivity index (χ3v) is 5.10. The Kier molecular flexibility index (Phi) is 4.38. The molecule has 3 rings (SSSR count). The zero-order valence-electron chi connectivity index (χ0n) is 14.6. The van der Waals surface area contributed by atoms with Crippen LogP contribution in [0.25, 0.3) is 0 Å². The van der Waals surface area contributed by atoms with Crippen molar-refractivity contribution in [3.05, 3.63) is 35.9 Å². The number of hydrogen-bond donors (Lipinski definition) is 1. The number of rotatable bonds is 4. The molecule has 1 heterocycles. The molecule has 5 nitrogen and oxygen atoms in total. The minimum atomic E-state index is -0.612. The van der Waals surface area contributed by atoms with Crippen molar-refractivity contribution in [1.82, 2.24) is 4.90 Å². The second-order valence-corrected chi connectivity index (χ2v) is 8.03. The summed E-state index contributed by atoms with van der Waals surface area (Å²) in [5, 5.41) is 0. The minimum Gasteiger partial charge on any atom is -0.459 e. The number of ether oxygens (including phenoxy) is 1. The van der Waals surface area contributed by atoms with Gasteiger partial charge in [-0.1, -0.05) is 51.1 Å². The van der Waals surface area contributed by atoms with Gasteiger partial charge in [0.2, 0.25) is 5.91 Å². The molecule has 1 saturated heterocycles. The van der Waals surface area contributed by atoms with E-state index in [-0.39, 0.29) is 29.8 Å². The Morgan fingerprint density at radius 1 is 1.29 bits per heavy atom. The number of likely N-dealkylation sites (tertiary alicyclic amines) is 1. The monoisotopic (exact) mass is 330 g/mol. The van der Waals surface area contributed by atoms with Crippen molar-refractivity contribution >= 4 is 11.9 Å². The third kappa shape index (κ3) is 3.31. The molecule has 0 aromatic heterocycles. The van der Waals surface area contributed by atoms with Crippen molar-refractivity contribution in [3.8, 4) is 0 Å². The average molecular weight is 330 g/mol. The predicted octanol–water partition coefficient (Wildman–Crippen LogP) is 1.95. The number of nitrogens with two attached hydrogens (primary N) is 1. The molecule has 2 aliphatic rings. The lowest BCUT2D eigenvalue weighted by atomic mass is 9.86. The Balaban J connectivity index is 1.66. The summed E-state index contributed by atoms with van der Waals surface area (Å²) in [6.07, 6.45) is 1.000. The average Bonchev–Trinajstić information content (AvgIpc) is 3.21. The van der Waals surface area contributed by atoms with E-state index in [1.165, 1.54) is 0 Å². The molecule has 0 spiro atoms. The molecule has 24 heavy (non-hydrogen) atoms. The van der Waals surface area contributed by atoms with Gasteiger partial charge < -0.3 is 15.4 Å². The maximum absolute atomic E-state index is 12.7. The van der Waals surface area contributed by atoms with E-state index in [9.17, 15) is 9.59 Å². The van der Waals surface area contributed by atoms with E-state index in [0.29, 0.717) is 12.5 Å². The highest BCUT2D eigenvalue weighted by molar-refractivity contribution is 5.89. The minimum absolute atomic E-state index is 0.142. The van der Waals surface area contributed by atoms with Crippen molar-refractivity contribution in [3.63, 3.8) is 0 Å². The Bertz CT molecular complexity index is 623. The summed E-state index contributed by atoms with van der Waals surface area (Å²) in [4.78, 5) is 27.0. The number of nitrogens with zero attached hydrogens (tertiary/aromatic N) is 1. The molecule has 0 bridgehead atoms. The van der Waals surface area contributed by atoms with Gasteiger partial charge in [-0.3, -0.25) is 4.79 Å². The highest BCUT2D eigenvalue weighted by Crippen LogP contribution is 2.50. The van der Waals surface area contributed by atoms with E-state index in [2.05, 4.69) is 0 Å². The van der Waals surface area contributed by atoms with Crippen molar-refractivity contribution in [2.24, 2.45) is 23.0 Å². The molecular formula is C19H26N2O3. The van der Waals surface area contributed by atoms with Gasteiger partial charge in [-0.15, -0.1) is 0 Å². The van der Waals surface area contributed by atoms with Gasteiger partial charge in [0.25, 0.3) is 0 Å². The molecule has 2 N–H and O–H groups in total. The van der Waals surface area contributed by atoms with Gasteiger partial charge in [0, 0.05) is 6.54 Å². The van der Waals surface area contributed by atoms with E-state index < -0.39 is 12.1 Å². The van der Waals surface area contributed by atoms with Crippen LogP contribution in [0.15, 0.2) is 30.3 Å². The van der Waals surface area contributed by atoms with Crippen LogP contribution in [0.1, 0.15) is 32.8 Å². The zero-order valence-corrected chi connectivity index (χ0v) is 14.6. The molecule has 1 aromatic rings. The van der Waals surface area contributed by atoms with Gasteiger partial charge in [-0.25, -0.2) is 4.79 Å². The van der Waals surface area contributed by atoms with Crippen molar-refractivity contribution in [1.29, 1.82) is 0 Å². The van der Waals surface area contributed by atoms with E-state index in [4.69, 9.17) is 10.5 Å². The summed E-state index contributed by atoms with van der Waals surface area (Å²) in [7, 11) is 0. The molecule has 130 valence electrons. The van der Waals surface area contributed by atoms with Crippen molar-refractivity contribution in [2.45, 2.75) is 45.9 Å². The quantitative estimate of drug-likeness (QED) is 0.857. The lowest BCUT2D eigenvalue weighted by Gasteiger charge is -2.33.